The van der Waals surface area contributed by atoms with Gasteiger partial charge in [-0.15, -0.1) is 0 Å². The lowest BCUT2D eigenvalue weighted by molar-refractivity contribution is -0.138. The summed E-state index contributed by atoms with van der Waals surface area (Å²) in [6, 6.07) is 1.60. The number of nitrogens with one attached hydrogen (secondary N) is 1. The maximum Gasteiger partial charge on any atom is 0.317 e. The van der Waals surface area contributed by atoms with Gasteiger partial charge < -0.3 is 15.3 Å². The van der Waals surface area contributed by atoms with E-state index in [0.717, 1.165) is 18.5 Å². The maximum absolute atomic E-state index is 12.1. The molecule has 0 aliphatic carbocycles. The van der Waals surface area contributed by atoms with Crippen molar-refractivity contribution in [2.24, 2.45) is 5.92 Å². The standard InChI is InChI=1S/C14H20N4O3/c1-10-15-5-4-12(17-10)8-16-14(21)18-6-2-3-11(9-18)7-13(19)20/h4-5,11H,2-3,6-9H2,1H3,(H,16,21)(H,19,20). The fourth-order valence-corrected chi connectivity index (χ4v) is 2.54. The summed E-state index contributed by atoms with van der Waals surface area (Å²) in [6.07, 6.45) is 3.49. The van der Waals surface area contributed by atoms with Crippen LogP contribution >= 0.6 is 0 Å². The highest BCUT2D eigenvalue weighted by molar-refractivity contribution is 5.74. The van der Waals surface area contributed by atoms with Crippen LogP contribution in [0.3, 0.4) is 0 Å². The molecule has 1 fully saturated rings. The van der Waals surface area contributed by atoms with E-state index in [9.17, 15) is 9.59 Å². The van der Waals surface area contributed by atoms with Gasteiger partial charge in [0.25, 0.3) is 0 Å². The Labute approximate surface area is 123 Å². The third-order valence-corrected chi connectivity index (χ3v) is 3.52. The fraction of sp³-hybridized carbons (Fsp3) is 0.571. The first kappa shape index (κ1) is 15.2. The number of urea groups is 1. The van der Waals surface area contributed by atoms with Crippen LogP contribution in [0.4, 0.5) is 4.79 Å². The SMILES string of the molecule is Cc1nccc(CNC(=O)N2CCCC(CC(=O)O)C2)n1. The largest absolute Gasteiger partial charge is 0.481 e. The predicted octanol–water partition coefficient (Wildman–Crippen LogP) is 1.18. The second kappa shape index (κ2) is 7.01. The highest BCUT2D eigenvalue weighted by Gasteiger charge is 2.25. The molecular weight excluding hydrogens is 272 g/mol. The number of likely N-dealkylation sites (tertiary alicyclic amines) is 1. The zero-order chi connectivity index (χ0) is 15.2. The van der Waals surface area contributed by atoms with Crippen LogP contribution in [0.25, 0.3) is 0 Å². The highest BCUT2D eigenvalue weighted by atomic mass is 16.4. The second-order valence-electron chi connectivity index (χ2n) is 5.31. The Hall–Kier alpha value is -2.18. The summed E-state index contributed by atoms with van der Waals surface area (Å²) in [5.74, 6) is -0.0942. The predicted molar refractivity (Wildman–Crippen MR) is 75.6 cm³/mol. The highest BCUT2D eigenvalue weighted by Crippen LogP contribution is 2.19. The molecule has 1 atom stereocenters. The number of hydrogen-bond acceptors (Lipinski definition) is 4. The Morgan fingerprint density at radius 3 is 3.05 bits per heavy atom. The van der Waals surface area contributed by atoms with Crippen molar-refractivity contribution in [3.05, 3.63) is 23.8 Å². The molecule has 0 radical (unpaired) electrons. The van der Waals surface area contributed by atoms with E-state index in [1.165, 1.54) is 0 Å². The van der Waals surface area contributed by atoms with E-state index in [1.807, 2.05) is 0 Å². The van der Waals surface area contributed by atoms with E-state index in [0.29, 0.717) is 25.5 Å². The van der Waals surface area contributed by atoms with Gasteiger partial charge >= 0.3 is 12.0 Å². The van der Waals surface area contributed by atoms with Gasteiger partial charge in [0.15, 0.2) is 0 Å². The minimum atomic E-state index is -0.807. The van der Waals surface area contributed by atoms with Gasteiger partial charge in [0, 0.05) is 25.7 Å². The average molecular weight is 292 g/mol. The number of aryl methyl sites for hydroxylation is 1. The minimum absolute atomic E-state index is 0.0447. The number of hydrogen-bond donors (Lipinski definition) is 2. The third-order valence-electron chi connectivity index (χ3n) is 3.52. The summed E-state index contributed by atoms with van der Waals surface area (Å²) in [5, 5.41) is 11.7. The number of carbonyl (C=O) groups is 2. The van der Waals surface area contributed by atoms with Gasteiger partial charge in [0.2, 0.25) is 0 Å². The van der Waals surface area contributed by atoms with Crippen LogP contribution in [-0.2, 0) is 11.3 Å². The molecule has 21 heavy (non-hydrogen) atoms. The van der Waals surface area contributed by atoms with E-state index in [2.05, 4.69) is 15.3 Å². The summed E-state index contributed by atoms with van der Waals surface area (Å²) in [4.78, 5) is 32.8. The lowest BCUT2D eigenvalue weighted by Gasteiger charge is -2.32. The van der Waals surface area contributed by atoms with Gasteiger partial charge in [-0.2, -0.15) is 0 Å². The number of carbonyl (C=O) groups excluding carboxylic acids is 1. The molecule has 1 aromatic heterocycles. The van der Waals surface area contributed by atoms with E-state index in [-0.39, 0.29) is 18.4 Å². The van der Waals surface area contributed by atoms with Crippen molar-refractivity contribution in [2.75, 3.05) is 13.1 Å². The first-order valence-corrected chi connectivity index (χ1v) is 7.07. The van der Waals surface area contributed by atoms with Gasteiger partial charge in [-0.25, -0.2) is 14.8 Å². The lowest BCUT2D eigenvalue weighted by Crippen LogP contribution is -2.45. The molecule has 2 rings (SSSR count). The van der Waals surface area contributed by atoms with Crippen molar-refractivity contribution < 1.29 is 14.7 Å². The van der Waals surface area contributed by atoms with Gasteiger partial charge in [-0.1, -0.05) is 0 Å². The Balaban J connectivity index is 1.83. The molecule has 2 heterocycles. The van der Waals surface area contributed by atoms with Crippen LogP contribution in [-0.4, -0.2) is 45.1 Å². The number of carboxylic acids is 1. The number of aromatic nitrogens is 2. The van der Waals surface area contributed by atoms with E-state index in [1.54, 1.807) is 24.1 Å². The number of carboxylic acid groups (broad SMARTS) is 1. The van der Waals surface area contributed by atoms with Crippen LogP contribution in [0, 0.1) is 12.8 Å². The third kappa shape index (κ3) is 4.70. The molecule has 7 nitrogen and oxygen atoms in total. The summed E-state index contributed by atoms with van der Waals surface area (Å²) in [7, 11) is 0. The average Bonchev–Trinajstić information content (AvgIpc) is 2.44. The normalized spacial score (nSPS) is 18.3. The number of piperidine rings is 1. The molecule has 0 bridgehead atoms. The smallest absolute Gasteiger partial charge is 0.317 e. The van der Waals surface area contributed by atoms with Crippen molar-refractivity contribution in [3.8, 4) is 0 Å². The number of aliphatic carboxylic acids is 1. The molecule has 2 N–H and O–H groups in total. The minimum Gasteiger partial charge on any atom is -0.481 e. The van der Waals surface area contributed by atoms with E-state index < -0.39 is 5.97 Å². The zero-order valence-corrected chi connectivity index (χ0v) is 12.1. The molecule has 114 valence electrons. The Morgan fingerprint density at radius 2 is 2.33 bits per heavy atom. The quantitative estimate of drug-likeness (QED) is 0.869. The van der Waals surface area contributed by atoms with Crippen LogP contribution in [0.1, 0.15) is 30.8 Å². The topological polar surface area (TPSA) is 95.4 Å². The van der Waals surface area contributed by atoms with Crippen molar-refractivity contribution in [2.45, 2.75) is 32.7 Å². The van der Waals surface area contributed by atoms with Gasteiger partial charge in [0.05, 0.1) is 12.2 Å². The van der Waals surface area contributed by atoms with Crippen LogP contribution in [0.5, 0.6) is 0 Å². The molecule has 1 aliphatic rings. The molecule has 1 aromatic rings. The number of rotatable bonds is 4. The molecule has 2 amide bonds. The van der Waals surface area contributed by atoms with Crippen LogP contribution < -0.4 is 5.32 Å². The van der Waals surface area contributed by atoms with Crippen molar-refractivity contribution in [1.82, 2.24) is 20.2 Å². The van der Waals surface area contributed by atoms with Crippen molar-refractivity contribution in [1.29, 1.82) is 0 Å². The number of nitrogens with zero attached hydrogens (tertiary/aromatic N) is 3. The van der Waals surface area contributed by atoms with Gasteiger partial charge in [-0.05, 0) is 31.7 Å². The Morgan fingerprint density at radius 1 is 1.52 bits per heavy atom. The number of amides is 2. The molecule has 0 spiro atoms. The molecule has 0 saturated carbocycles. The summed E-state index contributed by atoms with van der Waals surface area (Å²) in [6.45, 7) is 3.32. The van der Waals surface area contributed by atoms with Crippen molar-refractivity contribution >= 4 is 12.0 Å². The van der Waals surface area contributed by atoms with Gasteiger partial charge in [-0.3, -0.25) is 4.79 Å². The molecule has 0 aromatic carbocycles. The van der Waals surface area contributed by atoms with Crippen LogP contribution in [0.2, 0.25) is 0 Å². The molecule has 1 saturated heterocycles. The zero-order valence-electron chi connectivity index (χ0n) is 12.1. The lowest BCUT2D eigenvalue weighted by atomic mass is 9.95. The second-order valence-corrected chi connectivity index (χ2v) is 5.31. The summed E-state index contributed by atoms with van der Waals surface area (Å²) >= 11 is 0. The van der Waals surface area contributed by atoms with Crippen molar-refractivity contribution in [3.63, 3.8) is 0 Å². The summed E-state index contributed by atoms with van der Waals surface area (Å²) < 4.78 is 0. The molecule has 1 aliphatic heterocycles. The molecular formula is C14H20N4O3. The Kier molecular flexibility index (Phi) is 5.08. The van der Waals surface area contributed by atoms with Gasteiger partial charge in [0.1, 0.15) is 5.82 Å². The first-order valence-electron chi connectivity index (χ1n) is 7.07. The summed E-state index contributed by atoms with van der Waals surface area (Å²) in [5.41, 5.74) is 0.759. The van der Waals surface area contributed by atoms with E-state index >= 15 is 0 Å². The maximum atomic E-state index is 12.1. The molecule has 7 heteroatoms. The van der Waals surface area contributed by atoms with Crippen LogP contribution in [0.15, 0.2) is 12.3 Å². The molecule has 1 unspecified atom stereocenters. The first-order chi connectivity index (χ1) is 10.0. The fourth-order valence-electron chi connectivity index (χ4n) is 2.54. The Bertz CT molecular complexity index is 521. The van der Waals surface area contributed by atoms with E-state index in [4.69, 9.17) is 5.11 Å². The monoisotopic (exact) mass is 292 g/mol.